The average Bonchev–Trinajstić information content (AvgIpc) is 3.16. The molecule has 0 N–H and O–H groups in total. The minimum absolute atomic E-state index is 0.0792. The molecule has 1 fully saturated rings. The first-order chi connectivity index (χ1) is 12.7. The highest BCUT2D eigenvalue weighted by molar-refractivity contribution is 7.09. The Morgan fingerprint density at radius 1 is 1.31 bits per heavy atom. The molecule has 5 nitrogen and oxygen atoms in total. The van der Waals surface area contributed by atoms with E-state index in [-0.39, 0.29) is 11.9 Å². The van der Waals surface area contributed by atoms with Crippen LogP contribution in [0.15, 0.2) is 52.5 Å². The van der Waals surface area contributed by atoms with Gasteiger partial charge >= 0.3 is 0 Å². The monoisotopic (exact) mass is 388 g/mol. The third-order valence-corrected chi connectivity index (χ3v) is 5.21. The summed E-state index contributed by atoms with van der Waals surface area (Å²) in [5.74, 6) is 1.04. The zero-order chi connectivity index (χ0) is 17.9. The van der Waals surface area contributed by atoms with E-state index in [0.29, 0.717) is 23.9 Å². The highest BCUT2D eigenvalue weighted by Gasteiger charge is 2.34. The highest BCUT2D eigenvalue weighted by Crippen LogP contribution is 2.30. The van der Waals surface area contributed by atoms with Crippen LogP contribution in [0.3, 0.4) is 0 Å². The second-order valence-corrected chi connectivity index (χ2v) is 7.50. The van der Waals surface area contributed by atoms with Gasteiger partial charge in [0.2, 0.25) is 0 Å². The van der Waals surface area contributed by atoms with E-state index in [1.807, 2.05) is 22.4 Å². The molecule has 134 valence electrons. The van der Waals surface area contributed by atoms with Crippen LogP contribution in [0.25, 0.3) is 0 Å². The molecule has 0 bridgehead atoms. The van der Waals surface area contributed by atoms with Gasteiger partial charge in [0.1, 0.15) is 17.4 Å². The lowest BCUT2D eigenvalue weighted by Gasteiger charge is -2.20. The lowest BCUT2D eigenvalue weighted by Crippen LogP contribution is -2.32. The fourth-order valence-corrected chi connectivity index (χ4v) is 3.46. The van der Waals surface area contributed by atoms with Crippen molar-refractivity contribution in [2.24, 2.45) is 0 Å². The summed E-state index contributed by atoms with van der Waals surface area (Å²) >= 11 is 7.40. The van der Waals surface area contributed by atoms with Crippen LogP contribution in [0.4, 0.5) is 0 Å². The molecule has 1 aliphatic carbocycles. The van der Waals surface area contributed by atoms with E-state index < -0.39 is 0 Å². The fourth-order valence-electron chi connectivity index (χ4n) is 2.63. The molecule has 0 radical (unpaired) electrons. The number of rotatable bonds is 7. The summed E-state index contributed by atoms with van der Waals surface area (Å²) in [6.45, 7) is 0.878. The molecule has 3 aromatic rings. The van der Waals surface area contributed by atoms with E-state index in [2.05, 4.69) is 4.98 Å². The first-order valence-electron chi connectivity index (χ1n) is 8.35. The number of halogens is 1. The Bertz CT molecular complexity index is 873. The van der Waals surface area contributed by atoms with Gasteiger partial charge in [0.05, 0.1) is 18.5 Å². The van der Waals surface area contributed by atoms with Crippen molar-refractivity contribution in [3.8, 4) is 5.75 Å². The summed E-state index contributed by atoms with van der Waals surface area (Å²) in [5, 5.41) is 3.53. The van der Waals surface area contributed by atoms with Crippen molar-refractivity contribution in [1.29, 1.82) is 0 Å². The Labute approximate surface area is 160 Å². The molecule has 1 aromatic carbocycles. The molecule has 2 aromatic heterocycles. The Hall–Kier alpha value is -2.31. The maximum atomic E-state index is 12.6. The van der Waals surface area contributed by atoms with Crippen LogP contribution in [-0.4, -0.2) is 21.8 Å². The second-order valence-electron chi connectivity index (χ2n) is 6.12. The van der Waals surface area contributed by atoms with Crippen LogP contribution >= 0.6 is 22.9 Å². The lowest BCUT2D eigenvalue weighted by molar-refractivity contribution is 0.0695. The number of nitrogens with zero attached hydrogens (tertiary/aromatic N) is 2. The minimum Gasteiger partial charge on any atom is -0.486 e. The van der Waals surface area contributed by atoms with Crippen LogP contribution < -0.4 is 4.74 Å². The Morgan fingerprint density at radius 2 is 2.12 bits per heavy atom. The van der Waals surface area contributed by atoms with Crippen molar-refractivity contribution in [3.05, 3.63) is 69.5 Å². The quantitative estimate of drug-likeness (QED) is 0.584. The molecule has 0 atom stereocenters. The number of ether oxygens (including phenoxy) is 1. The lowest BCUT2D eigenvalue weighted by atomic mass is 10.3. The molecule has 2 heterocycles. The molecular formula is C19H17ClN2O3S. The number of hydrogen-bond donors (Lipinski definition) is 0. The Kier molecular flexibility index (Phi) is 4.95. The number of thiazole rings is 1. The van der Waals surface area contributed by atoms with Gasteiger partial charge in [-0.15, -0.1) is 11.3 Å². The van der Waals surface area contributed by atoms with E-state index in [1.165, 1.54) is 17.6 Å². The standard InChI is InChI=1S/C19H17ClN2O3S/c20-13-3-7-16(8-4-13)25-11-18-21-14(12-26-18)10-22(15-5-6-15)19(23)17-2-1-9-24-17/h1-4,7-9,12,15H,5-6,10-11H2. The van der Waals surface area contributed by atoms with E-state index in [0.717, 1.165) is 29.3 Å². The number of furan rings is 1. The third-order valence-electron chi connectivity index (χ3n) is 4.09. The summed E-state index contributed by atoms with van der Waals surface area (Å²) in [6, 6.07) is 10.9. The van der Waals surface area contributed by atoms with Gasteiger partial charge in [-0.25, -0.2) is 4.98 Å². The van der Waals surface area contributed by atoms with Gasteiger partial charge in [0.25, 0.3) is 5.91 Å². The predicted octanol–water partition coefficient (Wildman–Crippen LogP) is 4.77. The van der Waals surface area contributed by atoms with Crippen LogP contribution in [-0.2, 0) is 13.2 Å². The number of carbonyl (C=O) groups excluding carboxylic acids is 1. The summed E-state index contributed by atoms with van der Waals surface area (Å²) in [5.41, 5.74) is 0.872. The van der Waals surface area contributed by atoms with Gasteiger partial charge < -0.3 is 14.1 Å². The second kappa shape index (κ2) is 7.51. The average molecular weight is 389 g/mol. The van der Waals surface area contributed by atoms with Gasteiger partial charge in [-0.2, -0.15) is 0 Å². The molecule has 4 rings (SSSR count). The van der Waals surface area contributed by atoms with Crippen molar-refractivity contribution >= 4 is 28.8 Å². The number of hydrogen-bond acceptors (Lipinski definition) is 5. The maximum Gasteiger partial charge on any atom is 0.290 e. The number of aromatic nitrogens is 1. The van der Waals surface area contributed by atoms with E-state index >= 15 is 0 Å². The molecule has 7 heteroatoms. The first kappa shape index (κ1) is 17.1. The van der Waals surface area contributed by atoms with Crippen LogP contribution in [0.5, 0.6) is 5.75 Å². The normalized spacial score (nSPS) is 13.6. The zero-order valence-electron chi connectivity index (χ0n) is 13.9. The number of amides is 1. The third kappa shape index (κ3) is 4.08. The van der Waals surface area contributed by atoms with Crippen molar-refractivity contribution in [3.63, 3.8) is 0 Å². The van der Waals surface area contributed by atoms with Gasteiger partial charge in [0.15, 0.2) is 5.76 Å². The fraction of sp³-hybridized carbons (Fsp3) is 0.263. The maximum absolute atomic E-state index is 12.6. The van der Waals surface area contributed by atoms with Crippen molar-refractivity contribution in [1.82, 2.24) is 9.88 Å². The molecule has 1 amide bonds. The molecule has 0 spiro atoms. The smallest absolute Gasteiger partial charge is 0.290 e. The van der Waals surface area contributed by atoms with Crippen LogP contribution in [0.1, 0.15) is 34.1 Å². The molecule has 0 aliphatic heterocycles. The summed E-state index contributed by atoms with van der Waals surface area (Å²) in [7, 11) is 0. The van der Waals surface area contributed by atoms with Gasteiger partial charge in [0, 0.05) is 16.4 Å². The SMILES string of the molecule is O=C(c1ccco1)N(Cc1csc(COc2ccc(Cl)cc2)n1)C1CC1. The predicted molar refractivity (Wildman–Crippen MR) is 99.5 cm³/mol. The summed E-state index contributed by atoms with van der Waals surface area (Å²) < 4.78 is 11.0. The summed E-state index contributed by atoms with van der Waals surface area (Å²) in [6.07, 6.45) is 3.58. The van der Waals surface area contributed by atoms with Gasteiger partial charge in [-0.3, -0.25) is 4.79 Å². The van der Waals surface area contributed by atoms with Crippen LogP contribution in [0, 0.1) is 0 Å². The van der Waals surface area contributed by atoms with Crippen LogP contribution in [0.2, 0.25) is 5.02 Å². The van der Waals surface area contributed by atoms with Gasteiger partial charge in [-0.1, -0.05) is 11.6 Å². The summed E-state index contributed by atoms with van der Waals surface area (Å²) in [4.78, 5) is 19.1. The van der Waals surface area contributed by atoms with Crippen molar-refractivity contribution < 1.29 is 13.9 Å². The largest absolute Gasteiger partial charge is 0.486 e. The zero-order valence-corrected chi connectivity index (χ0v) is 15.5. The molecule has 0 saturated heterocycles. The Morgan fingerprint density at radius 3 is 2.81 bits per heavy atom. The molecule has 0 unspecified atom stereocenters. The number of carbonyl (C=O) groups is 1. The first-order valence-corrected chi connectivity index (χ1v) is 9.61. The molecule has 1 aliphatic rings. The highest BCUT2D eigenvalue weighted by atomic mass is 35.5. The van der Waals surface area contributed by atoms with E-state index in [1.54, 1.807) is 24.3 Å². The molecular weight excluding hydrogens is 372 g/mol. The van der Waals surface area contributed by atoms with Crippen molar-refractivity contribution in [2.75, 3.05) is 0 Å². The van der Waals surface area contributed by atoms with E-state index in [4.69, 9.17) is 20.8 Å². The topological polar surface area (TPSA) is 55.6 Å². The van der Waals surface area contributed by atoms with Crippen molar-refractivity contribution in [2.45, 2.75) is 32.0 Å². The molecule has 1 saturated carbocycles. The van der Waals surface area contributed by atoms with Gasteiger partial charge in [-0.05, 0) is 49.2 Å². The Balaban J connectivity index is 1.39. The van der Waals surface area contributed by atoms with E-state index in [9.17, 15) is 4.79 Å². The number of benzene rings is 1. The minimum atomic E-state index is -0.0792. The molecule has 26 heavy (non-hydrogen) atoms.